The van der Waals surface area contributed by atoms with Gasteiger partial charge in [0.05, 0.1) is 17.3 Å². The number of Topliss-reactive ketones (excluding diaryl/α,β-unsaturated/α-hetero) is 1. The summed E-state index contributed by atoms with van der Waals surface area (Å²) in [5.74, 6) is -2.24. The molecule has 7 nitrogen and oxygen atoms in total. The third-order valence-electron chi connectivity index (χ3n) is 6.47. The highest BCUT2D eigenvalue weighted by Gasteiger charge is 2.40. The highest BCUT2D eigenvalue weighted by Crippen LogP contribution is 2.32. The van der Waals surface area contributed by atoms with E-state index in [-0.39, 0.29) is 17.6 Å². The number of nitrogens with zero attached hydrogens (tertiary/aromatic N) is 1. The molecule has 2 heterocycles. The third kappa shape index (κ3) is 3.92. The van der Waals surface area contributed by atoms with Gasteiger partial charge in [0.1, 0.15) is 5.82 Å². The Bertz CT molecular complexity index is 1150. The van der Waals surface area contributed by atoms with Gasteiger partial charge < -0.3 is 20.5 Å². The van der Waals surface area contributed by atoms with Gasteiger partial charge in [-0.15, -0.1) is 0 Å². The van der Waals surface area contributed by atoms with Crippen molar-refractivity contribution in [2.45, 2.75) is 40.7 Å². The molecule has 1 aromatic carbocycles. The Morgan fingerprint density at radius 1 is 1.22 bits per heavy atom. The zero-order valence-corrected chi connectivity index (χ0v) is 19.3. The zero-order chi connectivity index (χ0) is 24.0. The summed E-state index contributed by atoms with van der Waals surface area (Å²) in [6.45, 7) is 13.3. The normalized spacial score (nSPS) is 17.1. The number of amides is 2. The van der Waals surface area contributed by atoms with Crippen LogP contribution in [0.15, 0.2) is 30.5 Å². The maximum atomic E-state index is 13.5. The largest absolute Gasteiger partial charge is 0.386 e. The van der Waals surface area contributed by atoms with Gasteiger partial charge in [0.15, 0.2) is 0 Å². The average molecular weight is 441 g/mol. The van der Waals surface area contributed by atoms with Crippen molar-refractivity contribution in [3.8, 4) is 0 Å². The molecule has 8 heteroatoms. The van der Waals surface area contributed by atoms with Crippen LogP contribution < -0.4 is 16.0 Å². The monoisotopic (exact) mass is 440 g/mol. The Morgan fingerprint density at radius 3 is 2.44 bits per heavy atom. The summed E-state index contributed by atoms with van der Waals surface area (Å²) in [5, 5.41) is 8.67. The lowest BCUT2D eigenvalue weighted by molar-refractivity contribution is -0.118. The molecule has 2 aromatic rings. The second-order valence-corrected chi connectivity index (χ2v) is 8.85. The maximum Gasteiger partial charge on any atom is 0.294 e. The number of ketones is 1. The molecule has 2 amide bonds. The molecule has 0 radical (unpaired) electrons. The van der Waals surface area contributed by atoms with Crippen molar-refractivity contribution in [2.75, 3.05) is 11.9 Å². The summed E-state index contributed by atoms with van der Waals surface area (Å²) in [6.07, 6.45) is 0. The van der Waals surface area contributed by atoms with E-state index in [0.29, 0.717) is 34.6 Å². The number of aromatic nitrogens is 1. The van der Waals surface area contributed by atoms with E-state index >= 15 is 0 Å². The smallest absolute Gasteiger partial charge is 0.294 e. The summed E-state index contributed by atoms with van der Waals surface area (Å²) < 4.78 is 15.1. The van der Waals surface area contributed by atoms with Gasteiger partial charge in [-0.25, -0.2) is 4.39 Å². The van der Waals surface area contributed by atoms with E-state index in [1.54, 1.807) is 32.4 Å². The van der Waals surface area contributed by atoms with Crippen LogP contribution in [0.2, 0.25) is 0 Å². The number of hydrogen-bond acceptors (Lipinski definition) is 4. The Hall–Kier alpha value is -3.42. The highest BCUT2D eigenvalue weighted by molar-refractivity contribution is 6.43. The molecule has 1 saturated heterocycles. The lowest BCUT2D eigenvalue weighted by Gasteiger charge is -2.26. The van der Waals surface area contributed by atoms with E-state index < -0.39 is 23.0 Å². The molecule has 1 atom stereocenters. The molecule has 1 aliphatic rings. The molecule has 0 spiro atoms. The van der Waals surface area contributed by atoms with E-state index in [4.69, 9.17) is 0 Å². The van der Waals surface area contributed by atoms with Gasteiger partial charge in [-0.05, 0) is 50.1 Å². The quantitative estimate of drug-likeness (QED) is 0.492. The predicted molar refractivity (Wildman–Crippen MR) is 121 cm³/mol. The standard InChI is InChI=1S/C24H29FN4O3/c1-12-10-16(8-9-17(12)25)27-22(31)19-13(2)20(29(7)14(19)3)21(30)23(32)28-18-11-26-15(4)24(18,5)6/h8-10,18,26H,4,11H2,1-3,5-7H3,(H,27,31)(H,28,32)/t18-/m0/s1. The van der Waals surface area contributed by atoms with Gasteiger partial charge in [0.2, 0.25) is 0 Å². The van der Waals surface area contributed by atoms with E-state index in [1.165, 1.54) is 18.2 Å². The fourth-order valence-corrected chi connectivity index (χ4v) is 4.03. The van der Waals surface area contributed by atoms with Crippen LogP contribution in [-0.4, -0.2) is 34.8 Å². The number of nitrogens with one attached hydrogen (secondary N) is 3. The molecule has 0 aliphatic carbocycles. The number of carbonyl (C=O) groups is 3. The lowest BCUT2D eigenvalue weighted by Crippen LogP contribution is -2.47. The van der Waals surface area contributed by atoms with Gasteiger partial charge in [-0.1, -0.05) is 20.4 Å². The Kier molecular flexibility index (Phi) is 6.00. The van der Waals surface area contributed by atoms with E-state index in [0.717, 1.165) is 5.70 Å². The minimum atomic E-state index is -0.732. The minimum absolute atomic E-state index is 0.156. The predicted octanol–water partition coefficient (Wildman–Crippen LogP) is 3.15. The first-order chi connectivity index (χ1) is 14.9. The van der Waals surface area contributed by atoms with Crippen LogP contribution in [0.1, 0.15) is 51.5 Å². The average Bonchev–Trinajstić information content (AvgIpc) is 3.10. The van der Waals surface area contributed by atoms with Crippen LogP contribution >= 0.6 is 0 Å². The maximum absolute atomic E-state index is 13.5. The molecule has 1 fully saturated rings. The lowest BCUT2D eigenvalue weighted by atomic mass is 9.85. The van der Waals surface area contributed by atoms with Crippen LogP contribution in [0.5, 0.6) is 0 Å². The summed E-state index contributed by atoms with van der Waals surface area (Å²) in [5.41, 5.74) is 2.68. The number of benzene rings is 1. The molecular weight excluding hydrogens is 411 g/mol. The first-order valence-corrected chi connectivity index (χ1v) is 10.4. The van der Waals surface area contributed by atoms with Crippen LogP contribution in [0, 0.1) is 32.0 Å². The highest BCUT2D eigenvalue weighted by atomic mass is 19.1. The molecule has 3 rings (SSSR count). The van der Waals surface area contributed by atoms with Crippen LogP contribution in [0.25, 0.3) is 0 Å². The van der Waals surface area contributed by atoms with Crippen LogP contribution in [0.4, 0.5) is 10.1 Å². The van der Waals surface area contributed by atoms with Crippen molar-refractivity contribution in [3.05, 3.63) is 64.4 Å². The molecule has 0 saturated carbocycles. The molecule has 1 aliphatic heterocycles. The summed E-state index contributed by atoms with van der Waals surface area (Å²) in [7, 11) is 1.64. The number of halogens is 1. The fourth-order valence-electron chi connectivity index (χ4n) is 4.03. The van der Waals surface area contributed by atoms with Crippen molar-refractivity contribution in [3.63, 3.8) is 0 Å². The van der Waals surface area contributed by atoms with Gasteiger partial charge in [-0.3, -0.25) is 14.4 Å². The second kappa shape index (κ2) is 8.26. The number of hydrogen-bond donors (Lipinski definition) is 3. The second-order valence-electron chi connectivity index (χ2n) is 8.85. The Balaban J connectivity index is 1.85. The van der Waals surface area contributed by atoms with Crippen molar-refractivity contribution >= 4 is 23.3 Å². The van der Waals surface area contributed by atoms with E-state index in [1.807, 2.05) is 13.8 Å². The number of aryl methyl sites for hydroxylation is 1. The van der Waals surface area contributed by atoms with E-state index in [2.05, 4.69) is 22.5 Å². The number of rotatable bonds is 5. The first kappa shape index (κ1) is 23.2. The van der Waals surface area contributed by atoms with Gasteiger partial charge in [-0.2, -0.15) is 0 Å². The Labute approximate surface area is 187 Å². The summed E-state index contributed by atoms with van der Waals surface area (Å²) in [4.78, 5) is 38.8. The zero-order valence-electron chi connectivity index (χ0n) is 19.3. The SMILES string of the molecule is C=C1NC[C@H](NC(=O)C(=O)c2c(C)c(C(=O)Nc3ccc(F)c(C)c3)c(C)n2C)C1(C)C. The molecule has 0 bridgehead atoms. The van der Waals surface area contributed by atoms with E-state index in [9.17, 15) is 18.8 Å². The Morgan fingerprint density at radius 2 is 1.88 bits per heavy atom. The van der Waals surface area contributed by atoms with Gasteiger partial charge in [0.25, 0.3) is 17.6 Å². The summed E-state index contributed by atoms with van der Waals surface area (Å²) >= 11 is 0. The van der Waals surface area contributed by atoms with Crippen molar-refractivity contribution in [2.24, 2.45) is 12.5 Å². The molecule has 32 heavy (non-hydrogen) atoms. The molecule has 0 unspecified atom stereocenters. The van der Waals surface area contributed by atoms with Gasteiger partial charge in [0, 0.05) is 36.1 Å². The van der Waals surface area contributed by atoms with Crippen LogP contribution in [0.3, 0.4) is 0 Å². The number of carbonyl (C=O) groups excluding carboxylic acids is 3. The molecular formula is C24H29FN4O3. The van der Waals surface area contributed by atoms with Crippen molar-refractivity contribution < 1.29 is 18.8 Å². The minimum Gasteiger partial charge on any atom is -0.386 e. The number of anilines is 1. The first-order valence-electron chi connectivity index (χ1n) is 10.4. The summed E-state index contributed by atoms with van der Waals surface area (Å²) in [6, 6.07) is 4.00. The van der Waals surface area contributed by atoms with Crippen molar-refractivity contribution in [1.29, 1.82) is 0 Å². The van der Waals surface area contributed by atoms with Crippen LogP contribution in [-0.2, 0) is 11.8 Å². The topological polar surface area (TPSA) is 92.2 Å². The molecule has 170 valence electrons. The fraction of sp³-hybridized carbons (Fsp3) is 0.375. The molecule has 3 N–H and O–H groups in total. The van der Waals surface area contributed by atoms with Gasteiger partial charge >= 0.3 is 0 Å². The van der Waals surface area contributed by atoms with Crippen molar-refractivity contribution in [1.82, 2.24) is 15.2 Å². The third-order valence-corrected chi connectivity index (χ3v) is 6.47. The molecule has 1 aromatic heterocycles.